The van der Waals surface area contributed by atoms with E-state index in [1.54, 1.807) is 6.92 Å². The summed E-state index contributed by atoms with van der Waals surface area (Å²) in [6.07, 6.45) is 0. The van der Waals surface area contributed by atoms with Crippen molar-refractivity contribution in [3.8, 4) is 0 Å². The van der Waals surface area contributed by atoms with E-state index in [1.807, 2.05) is 20.8 Å². The number of hydrogen-bond donors (Lipinski definition) is 1. The molecular weight excluding hydrogens is 186 g/mol. The lowest BCUT2D eigenvalue weighted by atomic mass is 10.2. The van der Waals surface area contributed by atoms with Crippen molar-refractivity contribution < 1.29 is 4.74 Å². The van der Waals surface area contributed by atoms with Gasteiger partial charge in [0.25, 0.3) is 0 Å². The summed E-state index contributed by atoms with van der Waals surface area (Å²) in [5.74, 6) is 0.778. The molecule has 0 aliphatic carbocycles. The van der Waals surface area contributed by atoms with Gasteiger partial charge in [-0.05, 0) is 39.2 Å². The van der Waals surface area contributed by atoms with E-state index in [0.29, 0.717) is 10.8 Å². The molecule has 1 aromatic rings. The topological polar surface area (TPSA) is 58.9 Å². The van der Waals surface area contributed by atoms with Crippen molar-refractivity contribution in [1.29, 1.82) is 5.41 Å². The summed E-state index contributed by atoms with van der Waals surface area (Å²) in [7, 11) is 0. The fourth-order valence-corrected chi connectivity index (χ4v) is 1.30. The van der Waals surface area contributed by atoms with Gasteiger partial charge >= 0.3 is 0 Å². The Hall–Kier alpha value is -0.970. The molecule has 1 N–H and O–H groups in total. The number of rotatable bonds is 1. The van der Waals surface area contributed by atoms with Gasteiger partial charge in [0.2, 0.25) is 5.90 Å². The third-order valence-corrected chi connectivity index (χ3v) is 1.94. The second kappa shape index (κ2) is 3.41. The minimum Gasteiger partial charge on any atom is -0.470 e. The molecule has 1 heterocycles. The highest BCUT2D eigenvalue weighted by Crippen LogP contribution is 2.12. The lowest BCUT2D eigenvalue weighted by molar-refractivity contribution is 0.116. The summed E-state index contributed by atoms with van der Waals surface area (Å²) in [6.45, 7) is 7.49. The fraction of sp³-hybridized carbons (Fsp3) is 0.625. The largest absolute Gasteiger partial charge is 0.470 e. The van der Waals surface area contributed by atoms with E-state index < -0.39 is 0 Å². The highest BCUT2D eigenvalue weighted by atomic mass is 32.1. The van der Waals surface area contributed by atoms with Crippen molar-refractivity contribution in [2.24, 2.45) is 0 Å². The standard InChI is InChI=1S/C8H13N3OS/c1-5-10-7(13-11-5)6(9)12-8(2,3)4/h9H,1-4H3. The number of ether oxygens (including phenoxy) is 1. The van der Waals surface area contributed by atoms with Crippen LogP contribution in [0.15, 0.2) is 0 Å². The van der Waals surface area contributed by atoms with Crippen molar-refractivity contribution in [3.05, 3.63) is 10.8 Å². The average Bonchev–Trinajstić information content (AvgIpc) is 2.31. The Labute approximate surface area is 81.6 Å². The monoisotopic (exact) mass is 199 g/mol. The maximum absolute atomic E-state index is 7.58. The van der Waals surface area contributed by atoms with Crippen LogP contribution in [0.4, 0.5) is 0 Å². The molecule has 0 aliphatic heterocycles. The van der Waals surface area contributed by atoms with Gasteiger partial charge in [-0.2, -0.15) is 4.37 Å². The van der Waals surface area contributed by atoms with Crippen molar-refractivity contribution in [2.45, 2.75) is 33.3 Å². The third-order valence-electron chi connectivity index (χ3n) is 1.13. The van der Waals surface area contributed by atoms with Gasteiger partial charge < -0.3 is 4.74 Å². The SMILES string of the molecule is Cc1nsc(C(=N)OC(C)(C)C)n1. The molecule has 4 nitrogen and oxygen atoms in total. The van der Waals surface area contributed by atoms with Gasteiger partial charge in [-0.1, -0.05) is 0 Å². The van der Waals surface area contributed by atoms with Crippen molar-refractivity contribution in [1.82, 2.24) is 9.36 Å². The maximum atomic E-state index is 7.58. The Morgan fingerprint density at radius 1 is 1.46 bits per heavy atom. The quantitative estimate of drug-likeness (QED) is 0.555. The van der Waals surface area contributed by atoms with Gasteiger partial charge in [-0.3, -0.25) is 5.41 Å². The van der Waals surface area contributed by atoms with E-state index in [1.165, 1.54) is 11.5 Å². The van der Waals surface area contributed by atoms with Crippen LogP contribution in [0.2, 0.25) is 0 Å². The molecule has 13 heavy (non-hydrogen) atoms. The molecule has 0 amide bonds. The Bertz CT molecular complexity index is 313. The van der Waals surface area contributed by atoms with Gasteiger partial charge in [0, 0.05) is 0 Å². The summed E-state index contributed by atoms with van der Waals surface area (Å²) in [5.41, 5.74) is -0.351. The normalized spacial score (nSPS) is 11.4. The number of aryl methyl sites for hydroxylation is 1. The van der Waals surface area contributed by atoms with Crippen LogP contribution >= 0.6 is 11.5 Å². The zero-order valence-corrected chi connectivity index (χ0v) is 9.03. The van der Waals surface area contributed by atoms with Crippen LogP contribution in [0.3, 0.4) is 0 Å². The molecule has 0 saturated carbocycles. The zero-order valence-electron chi connectivity index (χ0n) is 8.21. The molecule has 1 aromatic heterocycles. The van der Waals surface area contributed by atoms with Gasteiger partial charge in [-0.25, -0.2) is 4.98 Å². The van der Waals surface area contributed by atoms with Gasteiger partial charge in [0.1, 0.15) is 11.4 Å². The number of nitrogens with one attached hydrogen (secondary N) is 1. The molecular formula is C8H13N3OS. The molecule has 0 bridgehead atoms. The van der Waals surface area contributed by atoms with Crippen LogP contribution in [0, 0.1) is 12.3 Å². The molecule has 0 unspecified atom stereocenters. The highest BCUT2D eigenvalue weighted by Gasteiger charge is 2.17. The summed E-state index contributed by atoms with van der Waals surface area (Å²) in [5, 5.41) is 8.12. The van der Waals surface area contributed by atoms with Crippen LogP contribution in [-0.4, -0.2) is 20.9 Å². The van der Waals surface area contributed by atoms with Crippen molar-refractivity contribution in [2.75, 3.05) is 0 Å². The highest BCUT2D eigenvalue weighted by molar-refractivity contribution is 7.07. The molecule has 0 atom stereocenters. The van der Waals surface area contributed by atoms with Crippen LogP contribution < -0.4 is 0 Å². The molecule has 0 radical (unpaired) electrons. The molecule has 5 heteroatoms. The number of hydrogen-bond acceptors (Lipinski definition) is 5. The van der Waals surface area contributed by atoms with E-state index in [2.05, 4.69) is 9.36 Å². The summed E-state index contributed by atoms with van der Waals surface area (Å²) >= 11 is 1.19. The summed E-state index contributed by atoms with van der Waals surface area (Å²) < 4.78 is 9.31. The smallest absolute Gasteiger partial charge is 0.245 e. The Kier molecular flexibility index (Phi) is 2.66. The molecule has 0 aliphatic rings. The van der Waals surface area contributed by atoms with Crippen LogP contribution in [0.25, 0.3) is 0 Å². The van der Waals surface area contributed by atoms with Crippen LogP contribution in [-0.2, 0) is 4.74 Å². The first-order chi connectivity index (χ1) is 5.88. The molecule has 0 saturated heterocycles. The molecule has 1 rings (SSSR count). The molecule has 0 fully saturated rings. The van der Waals surface area contributed by atoms with E-state index in [9.17, 15) is 0 Å². The lowest BCUT2D eigenvalue weighted by Gasteiger charge is -2.19. The van der Waals surface area contributed by atoms with E-state index in [0.717, 1.165) is 0 Å². The Balaban J connectivity index is 2.70. The fourth-order valence-electron chi connectivity index (χ4n) is 0.739. The Morgan fingerprint density at radius 2 is 2.08 bits per heavy atom. The van der Waals surface area contributed by atoms with Crippen LogP contribution in [0.5, 0.6) is 0 Å². The minimum atomic E-state index is -0.351. The predicted octanol–water partition coefficient (Wildman–Crippen LogP) is 1.99. The zero-order chi connectivity index (χ0) is 10.1. The first-order valence-electron chi connectivity index (χ1n) is 3.97. The summed E-state index contributed by atoms with van der Waals surface area (Å²) in [6, 6.07) is 0. The van der Waals surface area contributed by atoms with E-state index in [4.69, 9.17) is 10.1 Å². The first kappa shape index (κ1) is 10.1. The van der Waals surface area contributed by atoms with Crippen molar-refractivity contribution >= 4 is 17.4 Å². The number of nitrogens with zero attached hydrogens (tertiary/aromatic N) is 2. The summed E-state index contributed by atoms with van der Waals surface area (Å²) in [4.78, 5) is 4.05. The Morgan fingerprint density at radius 3 is 2.46 bits per heavy atom. The van der Waals surface area contributed by atoms with E-state index >= 15 is 0 Å². The van der Waals surface area contributed by atoms with Gasteiger partial charge in [0.05, 0.1) is 0 Å². The first-order valence-corrected chi connectivity index (χ1v) is 4.74. The maximum Gasteiger partial charge on any atom is 0.245 e. The molecule has 0 spiro atoms. The third kappa shape index (κ3) is 3.10. The average molecular weight is 199 g/mol. The second-order valence-electron chi connectivity index (χ2n) is 3.69. The number of aromatic nitrogens is 2. The van der Waals surface area contributed by atoms with E-state index in [-0.39, 0.29) is 11.5 Å². The lowest BCUT2D eigenvalue weighted by Crippen LogP contribution is -2.23. The van der Waals surface area contributed by atoms with Gasteiger partial charge in [0.15, 0.2) is 5.01 Å². The van der Waals surface area contributed by atoms with Crippen LogP contribution in [0.1, 0.15) is 31.6 Å². The predicted molar refractivity (Wildman–Crippen MR) is 52.3 cm³/mol. The second-order valence-corrected chi connectivity index (χ2v) is 4.44. The van der Waals surface area contributed by atoms with Gasteiger partial charge in [-0.15, -0.1) is 0 Å². The molecule has 72 valence electrons. The van der Waals surface area contributed by atoms with Crippen molar-refractivity contribution in [3.63, 3.8) is 0 Å². The molecule has 0 aromatic carbocycles. The minimum absolute atomic E-state index is 0.0955.